The standard InChI is InChI=1S/C13H21NO/c1-5-11-9-12(15-6-2)7-8-13(11)14-10(3)4/h7-10,14H,5-6H2,1-4H3. The molecule has 0 aromatic heterocycles. The lowest BCUT2D eigenvalue weighted by molar-refractivity contribution is 0.340. The van der Waals surface area contributed by atoms with E-state index in [9.17, 15) is 0 Å². The Bertz CT molecular complexity index is 307. The summed E-state index contributed by atoms with van der Waals surface area (Å²) in [4.78, 5) is 0. The van der Waals surface area contributed by atoms with Crippen molar-refractivity contribution in [1.82, 2.24) is 0 Å². The molecule has 0 heterocycles. The quantitative estimate of drug-likeness (QED) is 0.798. The van der Waals surface area contributed by atoms with Gasteiger partial charge in [0, 0.05) is 11.7 Å². The van der Waals surface area contributed by atoms with Gasteiger partial charge in [-0.15, -0.1) is 0 Å². The number of rotatable bonds is 5. The Morgan fingerprint density at radius 1 is 1.27 bits per heavy atom. The Balaban J connectivity index is 2.88. The Morgan fingerprint density at radius 2 is 2.00 bits per heavy atom. The number of hydrogen-bond donors (Lipinski definition) is 1. The smallest absolute Gasteiger partial charge is 0.119 e. The van der Waals surface area contributed by atoms with Crippen LogP contribution in [0, 0.1) is 0 Å². The van der Waals surface area contributed by atoms with E-state index in [4.69, 9.17) is 4.74 Å². The second-order valence-electron chi connectivity index (χ2n) is 3.90. The van der Waals surface area contributed by atoms with Gasteiger partial charge in [-0.3, -0.25) is 0 Å². The summed E-state index contributed by atoms with van der Waals surface area (Å²) in [7, 11) is 0. The molecule has 0 radical (unpaired) electrons. The molecule has 0 atom stereocenters. The normalized spacial score (nSPS) is 10.5. The van der Waals surface area contributed by atoms with E-state index >= 15 is 0 Å². The van der Waals surface area contributed by atoms with E-state index < -0.39 is 0 Å². The summed E-state index contributed by atoms with van der Waals surface area (Å²) in [6, 6.07) is 6.71. The van der Waals surface area contributed by atoms with Gasteiger partial charge in [-0.25, -0.2) is 0 Å². The molecule has 0 bridgehead atoms. The number of aryl methyl sites for hydroxylation is 1. The van der Waals surface area contributed by atoms with Gasteiger partial charge in [0.2, 0.25) is 0 Å². The largest absolute Gasteiger partial charge is 0.494 e. The highest BCUT2D eigenvalue weighted by Crippen LogP contribution is 2.23. The fourth-order valence-electron chi connectivity index (χ4n) is 1.57. The average molecular weight is 207 g/mol. The second kappa shape index (κ2) is 5.64. The van der Waals surface area contributed by atoms with Gasteiger partial charge in [0.05, 0.1) is 6.61 Å². The van der Waals surface area contributed by atoms with Crippen LogP contribution in [-0.4, -0.2) is 12.6 Å². The Kier molecular flexibility index (Phi) is 4.47. The van der Waals surface area contributed by atoms with Crippen LogP contribution in [0.4, 0.5) is 5.69 Å². The summed E-state index contributed by atoms with van der Waals surface area (Å²) in [6.45, 7) is 9.19. The van der Waals surface area contributed by atoms with Crippen LogP contribution in [0.1, 0.15) is 33.3 Å². The van der Waals surface area contributed by atoms with E-state index in [0.29, 0.717) is 6.04 Å². The molecule has 0 saturated carbocycles. The summed E-state index contributed by atoms with van der Waals surface area (Å²) < 4.78 is 5.48. The topological polar surface area (TPSA) is 21.3 Å². The lowest BCUT2D eigenvalue weighted by Crippen LogP contribution is -2.11. The zero-order chi connectivity index (χ0) is 11.3. The minimum atomic E-state index is 0.466. The molecule has 1 aromatic rings. The van der Waals surface area contributed by atoms with Crippen molar-refractivity contribution >= 4 is 5.69 Å². The van der Waals surface area contributed by atoms with Crippen molar-refractivity contribution in [3.63, 3.8) is 0 Å². The highest BCUT2D eigenvalue weighted by atomic mass is 16.5. The molecule has 0 amide bonds. The van der Waals surface area contributed by atoms with E-state index in [0.717, 1.165) is 18.8 Å². The van der Waals surface area contributed by atoms with Crippen LogP contribution in [0.15, 0.2) is 18.2 Å². The Hall–Kier alpha value is -1.18. The second-order valence-corrected chi connectivity index (χ2v) is 3.90. The van der Waals surface area contributed by atoms with E-state index in [2.05, 4.69) is 38.2 Å². The van der Waals surface area contributed by atoms with E-state index in [1.54, 1.807) is 0 Å². The molecule has 0 spiro atoms. The van der Waals surface area contributed by atoms with Gasteiger partial charge in [0.25, 0.3) is 0 Å². The van der Waals surface area contributed by atoms with Gasteiger partial charge < -0.3 is 10.1 Å². The first-order valence-electron chi connectivity index (χ1n) is 5.69. The maximum atomic E-state index is 5.48. The average Bonchev–Trinajstić information content (AvgIpc) is 2.20. The van der Waals surface area contributed by atoms with E-state index in [-0.39, 0.29) is 0 Å². The first-order valence-corrected chi connectivity index (χ1v) is 5.69. The molecule has 1 N–H and O–H groups in total. The summed E-state index contributed by atoms with van der Waals surface area (Å²) in [5, 5.41) is 3.44. The maximum absolute atomic E-state index is 5.48. The summed E-state index contributed by atoms with van der Waals surface area (Å²) in [5.41, 5.74) is 2.53. The van der Waals surface area contributed by atoms with Crippen LogP contribution in [-0.2, 0) is 6.42 Å². The zero-order valence-electron chi connectivity index (χ0n) is 10.1. The van der Waals surface area contributed by atoms with Crippen LogP contribution in [0.25, 0.3) is 0 Å². The lowest BCUT2D eigenvalue weighted by atomic mass is 10.1. The molecule has 0 fully saturated rings. The fraction of sp³-hybridized carbons (Fsp3) is 0.538. The molecule has 0 unspecified atom stereocenters. The summed E-state index contributed by atoms with van der Waals surface area (Å²) in [5.74, 6) is 0.962. The zero-order valence-corrected chi connectivity index (χ0v) is 10.1. The van der Waals surface area contributed by atoms with Gasteiger partial charge in [0.1, 0.15) is 5.75 Å². The van der Waals surface area contributed by atoms with Crippen molar-refractivity contribution in [2.45, 2.75) is 40.2 Å². The van der Waals surface area contributed by atoms with Crippen LogP contribution in [0.5, 0.6) is 5.75 Å². The maximum Gasteiger partial charge on any atom is 0.119 e. The van der Waals surface area contributed by atoms with Crippen molar-refractivity contribution in [1.29, 1.82) is 0 Å². The van der Waals surface area contributed by atoms with Crippen LogP contribution >= 0.6 is 0 Å². The third kappa shape index (κ3) is 3.46. The molecule has 0 aliphatic rings. The van der Waals surface area contributed by atoms with E-state index in [1.165, 1.54) is 11.3 Å². The molecular formula is C13H21NO. The predicted molar refractivity (Wildman–Crippen MR) is 65.7 cm³/mol. The molecule has 84 valence electrons. The van der Waals surface area contributed by atoms with Crippen molar-refractivity contribution in [3.05, 3.63) is 23.8 Å². The summed E-state index contributed by atoms with van der Waals surface area (Å²) in [6.07, 6.45) is 1.02. The van der Waals surface area contributed by atoms with Gasteiger partial charge in [0.15, 0.2) is 0 Å². The first kappa shape index (κ1) is 11.9. The van der Waals surface area contributed by atoms with Gasteiger partial charge in [-0.2, -0.15) is 0 Å². The third-order valence-corrected chi connectivity index (χ3v) is 2.21. The molecule has 15 heavy (non-hydrogen) atoms. The number of anilines is 1. The molecule has 0 saturated heterocycles. The molecule has 2 nitrogen and oxygen atoms in total. The molecule has 1 aromatic carbocycles. The minimum absolute atomic E-state index is 0.466. The third-order valence-electron chi connectivity index (χ3n) is 2.21. The number of ether oxygens (including phenoxy) is 1. The van der Waals surface area contributed by atoms with E-state index in [1.807, 2.05) is 13.0 Å². The summed E-state index contributed by atoms with van der Waals surface area (Å²) >= 11 is 0. The van der Waals surface area contributed by atoms with Gasteiger partial charge in [-0.1, -0.05) is 6.92 Å². The highest BCUT2D eigenvalue weighted by molar-refractivity contribution is 5.54. The van der Waals surface area contributed by atoms with Crippen LogP contribution in [0.3, 0.4) is 0 Å². The fourth-order valence-corrected chi connectivity index (χ4v) is 1.57. The lowest BCUT2D eigenvalue weighted by Gasteiger charge is -2.15. The molecular weight excluding hydrogens is 186 g/mol. The van der Waals surface area contributed by atoms with Crippen molar-refractivity contribution in [2.75, 3.05) is 11.9 Å². The predicted octanol–water partition coefficient (Wildman–Crippen LogP) is 3.47. The van der Waals surface area contributed by atoms with Crippen LogP contribution in [0.2, 0.25) is 0 Å². The number of benzene rings is 1. The van der Waals surface area contributed by atoms with Crippen molar-refractivity contribution in [2.24, 2.45) is 0 Å². The molecule has 1 rings (SSSR count). The number of nitrogens with one attached hydrogen (secondary N) is 1. The van der Waals surface area contributed by atoms with Crippen molar-refractivity contribution in [3.8, 4) is 5.75 Å². The highest BCUT2D eigenvalue weighted by Gasteiger charge is 2.03. The van der Waals surface area contributed by atoms with Crippen LogP contribution < -0.4 is 10.1 Å². The first-order chi connectivity index (χ1) is 7.17. The Labute approximate surface area is 92.6 Å². The van der Waals surface area contributed by atoms with Crippen molar-refractivity contribution < 1.29 is 4.74 Å². The Morgan fingerprint density at radius 3 is 2.53 bits per heavy atom. The minimum Gasteiger partial charge on any atom is -0.494 e. The molecule has 2 heteroatoms. The SMILES string of the molecule is CCOc1ccc(NC(C)C)c(CC)c1. The molecule has 0 aliphatic carbocycles. The monoisotopic (exact) mass is 207 g/mol. The van der Waals surface area contributed by atoms with Gasteiger partial charge in [-0.05, 0) is 51.0 Å². The van der Waals surface area contributed by atoms with Gasteiger partial charge >= 0.3 is 0 Å². The number of hydrogen-bond acceptors (Lipinski definition) is 2. The molecule has 0 aliphatic heterocycles.